The molecule has 2 rings (SSSR count). The fraction of sp³-hybridized carbons (Fsp3) is 0.533. The maximum atomic E-state index is 6.08. The van der Waals surface area contributed by atoms with Crippen molar-refractivity contribution in [1.29, 1.82) is 0 Å². The zero-order valence-corrected chi connectivity index (χ0v) is 12.8. The lowest BCUT2D eigenvalue weighted by Crippen LogP contribution is -2.42. The lowest BCUT2D eigenvalue weighted by atomic mass is 9.96. The lowest BCUT2D eigenvalue weighted by Gasteiger charge is -2.19. The summed E-state index contributed by atoms with van der Waals surface area (Å²) < 4.78 is 5.02. The van der Waals surface area contributed by atoms with Gasteiger partial charge in [0.15, 0.2) is 5.96 Å². The van der Waals surface area contributed by atoms with E-state index in [1.54, 1.807) is 14.2 Å². The zero-order valence-electron chi connectivity index (χ0n) is 12.1. The number of methoxy groups -OCH3 is 1. The predicted octanol–water partition coefficient (Wildman–Crippen LogP) is 2.18. The average molecular weight is 296 g/mol. The Morgan fingerprint density at radius 1 is 1.40 bits per heavy atom. The molecule has 0 spiro atoms. The molecule has 0 radical (unpaired) electrons. The molecule has 0 amide bonds. The van der Waals surface area contributed by atoms with E-state index in [1.165, 1.54) is 18.4 Å². The van der Waals surface area contributed by atoms with Crippen LogP contribution in [-0.4, -0.2) is 39.8 Å². The molecule has 110 valence electrons. The van der Waals surface area contributed by atoms with Gasteiger partial charge in [-0.3, -0.25) is 4.99 Å². The summed E-state index contributed by atoms with van der Waals surface area (Å²) in [6.07, 6.45) is 2.38. The molecule has 1 aromatic carbocycles. The maximum absolute atomic E-state index is 6.08. The zero-order chi connectivity index (χ0) is 14.4. The van der Waals surface area contributed by atoms with Gasteiger partial charge in [-0.25, -0.2) is 0 Å². The SMILES string of the molecule is CN=C(NCCOC)NCC1(c2cccc(Cl)c2)CC1. The van der Waals surface area contributed by atoms with E-state index in [0.717, 1.165) is 24.1 Å². The summed E-state index contributed by atoms with van der Waals surface area (Å²) in [4.78, 5) is 4.21. The Morgan fingerprint density at radius 2 is 2.20 bits per heavy atom. The minimum atomic E-state index is 0.212. The maximum Gasteiger partial charge on any atom is 0.191 e. The van der Waals surface area contributed by atoms with Crippen molar-refractivity contribution in [2.75, 3.05) is 33.9 Å². The van der Waals surface area contributed by atoms with Crippen LogP contribution in [0, 0.1) is 0 Å². The summed E-state index contributed by atoms with van der Waals surface area (Å²) in [6, 6.07) is 8.15. The van der Waals surface area contributed by atoms with Crippen molar-refractivity contribution in [2.24, 2.45) is 4.99 Å². The fourth-order valence-corrected chi connectivity index (χ4v) is 2.47. The Kier molecular flexibility index (Phi) is 5.26. The summed E-state index contributed by atoms with van der Waals surface area (Å²) in [5, 5.41) is 7.41. The highest BCUT2D eigenvalue weighted by molar-refractivity contribution is 6.30. The summed E-state index contributed by atoms with van der Waals surface area (Å²) in [6.45, 7) is 2.29. The van der Waals surface area contributed by atoms with E-state index >= 15 is 0 Å². The molecule has 0 unspecified atom stereocenters. The van der Waals surface area contributed by atoms with Crippen LogP contribution < -0.4 is 10.6 Å². The van der Waals surface area contributed by atoms with Gasteiger partial charge >= 0.3 is 0 Å². The summed E-state index contributed by atoms with van der Waals surface area (Å²) >= 11 is 6.08. The van der Waals surface area contributed by atoms with Crippen LogP contribution in [0.5, 0.6) is 0 Å². The van der Waals surface area contributed by atoms with Gasteiger partial charge in [-0.05, 0) is 30.5 Å². The van der Waals surface area contributed by atoms with Crippen molar-refractivity contribution in [3.05, 3.63) is 34.9 Å². The van der Waals surface area contributed by atoms with Crippen LogP contribution in [0.25, 0.3) is 0 Å². The first-order chi connectivity index (χ1) is 9.70. The van der Waals surface area contributed by atoms with Crippen LogP contribution in [0.2, 0.25) is 5.02 Å². The third-order valence-electron chi connectivity index (χ3n) is 3.71. The fourth-order valence-electron chi connectivity index (χ4n) is 2.28. The molecule has 2 N–H and O–H groups in total. The third-order valence-corrected chi connectivity index (χ3v) is 3.94. The number of halogens is 1. The number of ether oxygens (including phenoxy) is 1. The molecule has 1 fully saturated rings. The largest absolute Gasteiger partial charge is 0.383 e. The van der Waals surface area contributed by atoms with Gasteiger partial charge in [0.05, 0.1) is 6.61 Å². The van der Waals surface area contributed by atoms with Gasteiger partial charge in [0.25, 0.3) is 0 Å². The minimum Gasteiger partial charge on any atom is -0.383 e. The highest BCUT2D eigenvalue weighted by atomic mass is 35.5. The third kappa shape index (κ3) is 3.87. The molecule has 0 aromatic heterocycles. The van der Waals surface area contributed by atoms with Gasteiger partial charge in [0.1, 0.15) is 0 Å². The average Bonchev–Trinajstić information content (AvgIpc) is 3.24. The Labute approximate surface area is 125 Å². The number of aliphatic imine (C=N–C) groups is 1. The molecule has 1 saturated carbocycles. The highest BCUT2D eigenvalue weighted by Gasteiger charge is 2.44. The first-order valence-electron chi connectivity index (χ1n) is 6.90. The van der Waals surface area contributed by atoms with Gasteiger partial charge in [-0.2, -0.15) is 0 Å². The lowest BCUT2D eigenvalue weighted by molar-refractivity contribution is 0.203. The van der Waals surface area contributed by atoms with Crippen molar-refractivity contribution < 1.29 is 4.74 Å². The topological polar surface area (TPSA) is 45.7 Å². The molecule has 0 heterocycles. The summed E-state index contributed by atoms with van der Waals surface area (Å²) in [5.74, 6) is 0.815. The Hall–Kier alpha value is -1.26. The van der Waals surface area contributed by atoms with Crippen molar-refractivity contribution >= 4 is 17.6 Å². The molecule has 1 aromatic rings. The Balaban J connectivity index is 1.89. The second-order valence-corrected chi connectivity index (χ2v) is 5.57. The number of hydrogen-bond donors (Lipinski definition) is 2. The van der Waals surface area contributed by atoms with Crippen LogP contribution >= 0.6 is 11.6 Å². The second-order valence-electron chi connectivity index (χ2n) is 5.14. The van der Waals surface area contributed by atoms with Gasteiger partial charge in [0.2, 0.25) is 0 Å². The monoisotopic (exact) mass is 295 g/mol. The summed E-state index contributed by atoms with van der Waals surface area (Å²) in [5.41, 5.74) is 1.52. The molecule has 4 nitrogen and oxygen atoms in total. The number of nitrogens with zero attached hydrogens (tertiary/aromatic N) is 1. The van der Waals surface area contributed by atoms with Gasteiger partial charge in [-0.15, -0.1) is 0 Å². The van der Waals surface area contributed by atoms with Crippen molar-refractivity contribution in [3.63, 3.8) is 0 Å². The van der Waals surface area contributed by atoms with E-state index in [1.807, 2.05) is 12.1 Å². The van der Waals surface area contributed by atoms with Gasteiger partial charge in [0, 0.05) is 37.7 Å². The predicted molar refractivity (Wildman–Crippen MR) is 83.6 cm³/mol. The van der Waals surface area contributed by atoms with Crippen LogP contribution in [0.3, 0.4) is 0 Å². The van der Waals surface area contributed by atoms with Crippen LogP contribution in [0.15, 0.2) is 29.3 Å². The van der Waals surface area contributed by atoms with Crippen molar-refractivity contribution in [1.82, 2.24) is 10.6 Å². The first kappa shape index (κ1) is 15.1. The van der Waals surface area contributed by atoms with Crippen molar-refractivity contribution in [2.45, 2.75) is 18.3 Å². The number of rotatable bonds is 6. The van der Waals surface area contributed by atoms with E-state index in [4.69, 9.17) is 16.3 Å². The standard InChI is InChI=1S/C15H22ClN3O/c1-17-14(18-8-9-20-2)19-11-15(6-7-15)12-4-3-5-13(16)10-12/h3-5,10H,6-9,11H2,1-2H3,(H2,17,18,19). The van der Waals surface area contributed by atoms with Gasteiger partial charge in [-0.1, -0.05) is 23.7 Å². The second kappa shape index (κ2) is 6.95. The number of hydrogen-bond acceptors (Lipinski definition) is 2. The van der Waals surface area contributed by atoms with E-state index in [0.29, 0.717) is 6.61 Å². The van der Waals surface area contributed by atoms with E-state index < -0.39 is 0 Å². The molecular formula is C15H22ClN3O. The van der Waals surface area contributed by atoms with Crippen LogP contribution in [-0.2, 0) is 10.2 Å². The van der Waals surface area contributed by atoms with E-state index in [2.05, 4.69) is 27.8 Å². The van der Waals surface area contributed by atoms with E-state index in [-0.39, 0.29) is 5.41 Å². The Morgan fingerprint density at radius 3 is 2.80 bits per heavy atom. The molecule has 0 atom stereocenters. The normalized spacial score (nSPS) is 16.9. The molecule has 0 saturated heterocycles. The van der Waals surface area contributed by atoms with Crippen LogP contribution in [0.4, 0.5) is 0 Å². The molecule has 0 bridgehead atoms. The molecule has 1 aliphatic rings. The van der Waals surface area contributed by atoms with Gasteiger partial charge < -0.3 is 15.4 Å². The number of guanidine groups is 1. The summed E-state index contributed by atoms with van der Waals surface area (Å²) in [7, 11) is 3.47. The molecular weight excluding hydrogens is 274 g/mol. The van der Waals surface area contributed by atoms with E-state index in [9.17, 15) is 0 Å². The molecule has 20 heavy (non-hydrogen) atoms. The highest BCUT2D eigenvalue weighted by Crippen LogP contribution is 2.48. The quantitative estimate of drug-likeness (QED) is 0.480. The van der Waals surface area contributed by atoms with Crippen LogP contribution in [0.1, 0.15) is 18.4 Å². The smallest absolute Gasteiger partial charge is 0.191 e. The molecule has 1 aliphatic carbocycles. The minimum absolute atomic E-state index is 0.212. The number of nitrogens with one attached hydrogen (secondary N) is 2. The Bertz CT molecular complexity index is 472. The molecule has 0 aliphatic heterocycles. The molecule has 5 heteroatoms. The number of benzene rings is 1. The van der Waals surface area contributed by atoms with Crippen molar-refractivity contribution in [3.8, 4) is 0 Å². The first-order valence-corrected chi connectivity index (χ1v) is 7.27.